The summed E-state index contributed by atoms with van der Waals surface area (Å²) in [5.41, 5.74) is 2.63. The van der Waals surface area contributed by atoms with Crippen LogP contribution in [-0.4, -0.2) is 75.1 Å². The Kier molecular flexibility index (Phi) is 13.7. The second-order valence-corrected chi connectivity index (χ2v) is 16.6. The number of carbonyl (C=O) groups is 2. The zero-order chi connectivity index (χ0) is 38.6. The van der Waals surface area contributed by atoms with Gasteiger partial charge in [-0.3, -0.25) is 14.5 Å². The van der Waals surface area contributed by atoms with E-state index in [2.05, 4.69) is 40.9 Å². The minimum Gasteiger partial charge on any atom is -0.497 e. The van der Waals surface area contributed by atoms with E-state index < -0.39 is 28.0 Å². The average molecular weight is 793 g/mol. The summed E-state index contributed by atoms with van der Waals surface area (Å²) in [5.74, 6) is 0.937. The van der Waals surface area contributed by atoms with Crippen molar-refractivity contribution in [2.45, 2.75) is 101 Å². The second kappa shape index (κ2) is 18.1. The average Bonchev–Trinajstić information content (AvgIpc) is 3.63. The molecule has 4 aromatic carbocycles. The van der Waals surface area contributed by atoms with Gasteiger partial charge in [-0.25, -0.2) is 13.1 Å². The van der Waals surface area contributed by atoms with Crippen molar-refractivity contribution in [3.05, 3.63) is 95.6 Å². The van der Waals surface area contributed by atoms with Crippen molar-refractivity contribution < 1.29 is 32.2 Å². The van der Waals surface area contributed by atoms with Crippen LogP contribution in [0.5, 0.6) is 17.2 Å². The number of carbonyl (C=O) groups excluding carboxylic acids is 2. The third-order valence-corrected chi connectivity index (χ3v) is 12.2. The smallest absolute Gasteiger partial charge is 0.245 e. The van der Waals surface area contributed by atoms with E-state index in [1.54, 1.807) is 61.5 Å². The molecule has 2 N–H and O–H groups in total. The topological polar surface area (TPSA) is 127 Å². The monoisotopic (exact) mass is 792 g/mol. The van der Waals surface area contributed by atoms with E-state index in [0.29, 0.717) is 34.9 Å². The Morgan fingerprint density at radius 2 is 1.55 bits per heavy atom. The van der Waals surface area contributed by atoms with E-state index in [1.807, 2.05) is 32.0 Å². The van der Waals surface area contributed by atoms with Gasteiger partial charge in [-0.2, -0.15) is 0 Å². The van der Waals surface area contributed by atoms with Crippen LogP contribution in [0.3, 0.4) is 0 Å². The maximum Gasteiger partial charge on any atom is 0.245 e. The van der Waals surface area contributed by atoms with E-state index in [0.717, 1.165) is 22.9 Å². The summed E-state index contributed by atoms with van der Waals surface area (Å²) >= 11 is 0. The number of benzene rings is 4. The van der Waals surface area contributed by atoms with Gasteiger partial charge in [-0.15, -0.1) is 12.4 Å². The molecule has 11 nitrogen and oxygen atoms in total. The first kappa shape index (κ1) is 41.8. The van der Waals surface area contributed by atoms with Gasteiger partial charge in [0, 0.05) is 44.6 Å². The number of hydrogen-bond donors (Lipinski definition) is 2. The highest BCUT2D eigenvalue weighted by atomic mass is 35.5. The molecule has 2 amide bonds. The Bertz CT molecular complexity index is 2070. The Labute approximate surface area is 331 Å². The molecule has 6 rings (SSSR count). The van der Waals surface area contributed by atoms with Gasteiger partial charge in [-0.1, -0.05) is 48.9 Å². The van der Waals surface area contributed by atoms with E-state index in [4.69, 9.17) is 14.2 Å². The molecule has 2 heterocycles. The normalized spacial score (nSPS) is 18.0. The summed E-state index contributed by atoms with van der Waals surface area (Å²) in [6.07, 6.45) is 3.66. The van der Waals surface area contributed by atoms with Crippen molar-refractivity contribution >= 4 is 45.0 Å². The molecule has 2 aliphatic rings. The maximum absolute atomic E-state index is 14.0. The summed E-state index contributed by atoms with van der Waals surface area (Å²) in [7, 11) is -0.830. The number of nitrogens with zero attached hydrogens (tertiary/aromatic N) is 2. The fourth-order valence-corrected chi connectivity index (χ4v) is 8.52. The quantitative estimate of drug-likeness (QED) is 0.144. The molecular weight excluding hydrogens is 740 g/mol. The molecule has 13 heteroatoms. The number of methoxy groups -OCH3 is 1. The number of amides is 2. The minimum atomic E-state index is -4.13. The van der Waals surface area contributed by atoms with E-state index in [1.165, 1.54) is 30.9 Å². The summed E-state index contributed by atoms with van der Waals surface area (Å²) in [4.78, 5) is 32.0. The lowest BCUT2D eigenvalue weighted by Crippen LogP contribution is -2.50. The highest BCUT2D eigenvalue weighted by Gasteiger charge is 2.30. The van der Waals surface area contributed by atoms with Crippen LogP contribution < -0.4 is 24.2 Å². The van der Waals surface area contributed by atoms with Crippen molar-refractivity contribution in [1.29, 1.82) is 0 Å². The van der Waals surface area contributed by atoms with Crippen LogP contribution in [0, 0.1) is 0 Å². The SMILES string of the molecule is COc1ccc2cc(S(=O)(=O)NC(CC(=O)NC(Cc3ccc(CN4C(C)CCCC4C)cc3)C(=O)N(C)C(C)C)c3ccc4c(c3)OCO4)ccc2c1.Cl. The minimum absolute atomic E-state index is 0. The molecule has 4 atom stereocenters. The number of rotatable bonds is 14. The zero-order valence-electron chi connectivity index (χ0n) is 32.4. The fourth-order valence-electron chi connectivity index (χ4n) is 7.26. The lowest BCUT2D eigenvalue weighted by atomic mass is 9.96. The summed E-state index contributed by atoms with van der Waals surface area (Å²) in [6, 6.07) is 22.7. The van der Waals surface area contributed by atoms with Crippen molar-refractivity contribution in [3.63, 3.8) is 0 Å². The van der Waals surface area contributed by atoms with Crippen LogP contribution in [0.15, 0.2) is 83.8 Å². The van der Waals surface area contributed by atoms with Crippen LogP contribution in [0.25, 0.3) is 10.8 Å². The van der Waals surface area contributed by atoms with Gasteiger partial charge >= 0.3 is 0 Å². The van der Waals surface area contributed by atoms with E-state index in [-0.39, 0.29) is 48.9 Å². The largest absolute Gasteiger partial charge is 0.497 e. The molecule has 4 aromatic rings. The molecule has 0 spiro atoms. The summed E-state index contributed by atoms with van der Waals surface area (Å²) in [6.45, 7) is 9.32. The molecule has 0 bridgehead atoms. The lowest BCUT2D eigenvalue weighted by Gasteiger charge is -2.39. The van der Waals surface area contributed by atoms with Gasteiger partial charge in [-0.05, 0) is 104 Å². The second-order valence-electron chi connectivity index (χ2n) is 14.9. The number of hydrogen-bond acceptors (Lipinski definition) is 8. The predicted octanol–water partition coefficient (Wildman–Crippen LogP) is 6.77. The first-order valence-corrected chi connectivity index (χ1v) is 20.2. The lowest BCUT2D eigenvalue weighted by molar-refractivity contribution is -0.136. The molecule has 1 saturated heterocycles. The summed E-state index contributed by atoms with van der Waals surface area (Å²) < 4.78 is 47.0. The Morgan fingerprint density at radius 3 is 2.24 bits per heavy atom. The maximum atomic E-state index is 14.0. The molecule has 1 fully saturated rings. The zero-order valence-corrected chi connectivity index (χ0v) is 34.0. The Hall–Kier alpha value is -4.36. The van der Waals surface area contributed by atoms with E-state index >= 15 is 0 Å². The number of likely N-dealkylation sites (tertiary alicyclic amines) is 1. The van der Waals surface area contributed by atoms with Crippen LogP contribution in [-0.2, 0) is 32.6 Å². The number of sulfonamides is 1. The summed E-state index contributed by atoms with van der Waals surface area (Å²) in [5, 5.41) is 4.51. The van der Waals surface area contributed by atoms with Crippen molar-refractivity contribution in [2.75, 3.05) is 21.0 Å². The van der Waals surface area contributed by atoms with Gasteiger partial charge < -0.3 is 24.4 Å². The van der Waals surface area contributed by atoms with Crippen LogP contribution in [0.4, 0.5) is 0 Å². The molecule has 2 aliphatic heterocycles. The highest BCUT2D eigenvalue weighted by Crippen LogP contribution is 2.35. The molecule has 0 aliphatic carbocycles. The molecule has 0 saturated carbocycles. The van der Waals surface area contributed by atoms with Gasteiger partial charge in [0.2, 0.25) is 28.6 Å². The van der Waals surface area contributed by atoms with Crippen molar-refractivity contribution in [2.24, 2.45) is 0 Å². The molecule has 0 radical (unpaired) electrons. The number of likely N-dealkylation sites (N-methyl/N-ethyl adjacent to an activating group) is 1. The van der Waals surface area contributed by atoms with Gasteiger partial charge in [0.1, 0.15) is 11.8 Å². The van der Waals surface area contributed by atoms with Gasteiger partial charge in [0.25, 0.3) is 0 Å². The van der Waals surface area contributed by atoms with Crippen LogP contribution >= 0.6 is 12.4 Å². The predicted molar refractivity (Wildman–Crippen MR) is 216 cm³/mol. The van der Waals surface area contributed by atoms with Gasteiger partial charge in [0.15, 0.2) is 11.5 Å². The highest BCUT2D eigenvalue weighted by molar-refractivity contribution is 7.89. The van der Waals surface area contributed by atoms with E-state index in [9.17, 15) is 18.0 Å². The number of nitrogens with one attached hydrogen (secondary N) is 2. The number of ether oxygens (including phenoxy) is 3. The molecule has 4 unspecified atom stereocenters. The number of fused-ring (bicyclic) bond motifs is 2. The Balaban J connectivity index is 0.00000580. The first-order chi connectivity index (χ1) is 25.8. The standard InChI is InChI=1S/C42H52N4O7S.ClH/c1-27(2)45(5)42(48)38(20-30-10-12-31(13-11-30)25-46-28(3)8-7-9-29(46)4)43-41(47)24-37(34-16-19-39-40(23-34)53-26-52-39)44-54(49,50)36-18-15-32-21-35(51-6)17-14-33(32)22-36;/h10-19,21-23,27-29,37-38,44H,7-9,20,24-26H2,1-6H3,(H,43,47);1H. The molecule has 296 valence electrons. The molecule has 0 aromatic heterocycles. The fraction of sp³-hybridized carbons (Fsp3) is 0.429. The number of halogens is 1. The van der Waals surface area contributed by atoms with Crippen LogP contribution in [0.1, 0.15) is 76.1 Å². The molecular formula is C42H53ClN4O7S. The first-order valence-electron chi connectivity index (χ1n) is 18.7. The third-order valence-electron chi connectivity index (χ3n) is 10.8. The Morgan fingerprint density at radius 1 is 0.891 bits per heavy atom. The molecule has 55 heavy (non-hydrogen) atoms. The number of piperidine rings is 1. The van der Waals surface area contributed by atoms with Crippen molar-refractivity contribution in [3.8, 4) is 17.2 Å². The third kappa shape index (κ3) is 10.1. The van der Waals surface area contributed by atoms with Gasteiger partial charge in [0.05, 0.1) is 18.0 Å². The van der Waals surface area contributed by atoms with Crippen LogP contribution in [0.2, 0.25) is 0 Å². The van der Waals surface area contributed by atoms with Crippen molar-refractivity contribution in [1.82, 2.24) is 19.8 Å².